The lowest BCUT2D eigenvalue weighted by Gasteiger charge is -2.51. The number of carbonyl (C=O) groups excluding carboxylic acids is 2. The highest BCUT2D eigenvalue weighted by molar-refractivity contribution is 6.30. The average Bonchev–Trinajstić information content (AvgIpc) is 3.48. The van der Waals surface area contributed by atoms with Crippen LogP contribution in [0.15, 0.2) is 24.3 Å². The second kappa shape index (κ2) is 11.5. The Bertz CT molecular complexity index is 905. The van der Waals surface area contributed by atoms with Crippen molar-refractivity contribution >= 4 is 36.0 Å². The third kappa shape index (κ3) is 5.51. The van der Waals surface area contributed by atoms with Crippen molar-refractivity contribution in [2.24, 2.45) is 17.1 Å². The summed E-state index contributed by atoms with van der Waals surface area (Å²) in [4.78, 5) is 30.2. The number of halogens is 2. The van der Waals surface area contributed by atoms with Crippen molar-refractivity contribution in [1.29, 1.82) is 0 Å². The molecule has 6 nitrogen and oxygen atoms in total. The third-order valence-corrected chi connectivity index (χ3v) is 9.74. The summed E-state index contributed by atoms with van der Waals surface area (Å²) in [6, 6.07) is 7.01. The fourth-order valence-electron chi connectivity index (χ4n) is 7.32. The first kappa shape index (κ1) is 27.5. The molecule has 4 fully saturated rings. The van der Waals surface area contributed by atoms with Crippen LogP contribution in [0.4, 0.5) is 4.79 Å². The number of piperidine rings is 1. The molecule has 5 rings (SSSR count). The van der Waals surface area contributed by atoms with Gasteiger partial charge in [0.25, 0.3) is 0 Å². The van der Waals surface area contributed by atoms with Crippen LogP contribution in [0.2, 0.25) is 5.02 Å². The van der Waals surface area contributed by atoms with Crippen LogP contribution in [0, 0.1) is 11.3 Å². The maximum absolute atomic E-state index is 13.2. The van der Waals surface area contributed by atoms with Crippen LogP contribution >= 0.6 is 24.0 Å². The summed E-state index contributed by atoms with van der Waals surface area (Å²) >= 11 is 5.99. The molecule has 4 aliphatic rings. The number of benzene rings is 1. The van der Waals surface area contributed by atoms with Crippen LogP contribution in [0.5, 0.6) is 0 Å². The summed E-state index contributed by atoms with van der Waals surface area (Å²) in [6.07, 6.45) is 13.1. The van der Waals surface area contributed by atoms with E-state index in [-0.39, 0.29) is 35.4 Å². The second-order valence-electron chi connectivity index (χ2n) is 11.5. The molecule has 8 heteroatoms. The molecule has 2 aliphatic heterocycles. The first-order valence-electron chi connectivity index (χ1n) is 13.6. The number of rotatable bonds is 6. The highest BCUT2D eigenvalue weighted by atomic mass is 35.5. The van der Waals surface area contributed by atoms with Gasteiger partial charge in [-0.2, -0.15) is 0 Å². The zero-order chi connectivity index (χ0) is 24.5. The van der Waals surface area contributed by atoms with E-state index in [9.17, 15) is 9.59 Å². The molecule has 2 N–H and O–H groups in total. The number of nitrogens with two attached hydrogens (primary N) is 1. The molecule has 0 aromatic heterocycles. The van der Waals surface area contributed by atoms with E-state index in [1.54, 1.807) is 0 Å². The fourth-order valence-corrected chi connectivity index (χ4v) is 7.45. The van der Waals surface area contributed by atoms with Gasteiger partial charge in [0.2, 0.25) is 5.91 Å². The molecule has 2 saturated heterocycles. The molecule has 2 aliphatic carbocycles. The van der Waals surface area contributed by atoms with Crippen molar-refractivity contribution in [3.63, 3.8) is 0 Å². The molecule has 2 heterocycles. The normalized spacial score (nSPS) is 24.4. The first-order valence-corrected chi connectivity index (χ1v) is 14.0. The van der Waals surface area contributed by atoms with Gasteiger partial charge in [0.1, 0.15) is 6.61 Å². The van der Waals surface area contributed by atoms with Crippen LogP contribution in [0.25, 0.3) is 0 Å². The highest BCUT2D eigenvalue weighted by Gasteiger charge is 2.53. The average molecular weight is 539 g/mol. The number of hydrogen-bond donors (Lipinski definition) is 1. The van der Waals surface area contributed by atoms with Gasteiger partial charge in [-0.3, -0.25) is 9.69 Å². The molecule has 1 aromatic carbocycles. The molecule has 0 unspecified atom stereocenters. The number of nitrogens with zero attached hydrogens (tertiary/aromatic N) is 2. The molecular formula is C28H41Cl2N3O3. The highest BCUT2D eigenvalue weighted by Crippen LogP contribution is 2.49. The molecule has 1 aromatic rings. The van der Waals surface area contributed by atoms with E-state index >= 15 is 0 Å². The molecule has 1 spiro atoms. The predicted molar refractivity (Wildman–Crippen MR) is 144 cm³/mol. The number of amides is 2. The summed E-state index contributed by atoms with van der Waals surface area (Å²) < 4.78 is 5.63. The maximum atomic E-state index is 13.2. The van der Waals surface area contributed by atoms with Crippen LogP contribution in [-0.2, 0) is 16.0 Å². The van der Waals surface area contributed by atoms with Gasteiger partial charge in [-0.1, -0.05) is 55.8 Å². The van der Waals surface area contributed by atoms with E-state index in [0.29, 0.717) is 24.0 Å². The van der Waals surface area contributed by atoms with Crippen molar-refractivity contribution in [3.8, 4) is 0 Å². The van der Waals surface area contributed by atoms with Crippen molar-refractivity contribution < 1.29 is 14.3 Å². The Kier molecular flexibility index (Phi) is 8.79. The van der Waals surface area contributed by atoms with Crippen LogP contribution in [-0.4, -0.2) is 59.6 Å². The largest absolute Gasteiger partial charge is 0.447 e. The summed E-state index contributed by atoms with van der Waals surface area (Å²) in [5.74, 6) is 0.646. The lowest BCUT2D eigenvalue weighted by atomic mass is 9.63. The molecule has 2 saturated carbocycles. The Hall–Kier alpha value is -1.50. The van der Waals surface area contributed by atoms with Gasteiger partial charge in [-0.25, -0.2) is 4.79 Å². The van der Waals surface area contributed by atoms with E-state index in [1.165, 1.54) is 44.9 Å². The lowest BCUT2D eigenvalue weighted by molar-refractivity contribution is -0.136. The summed E-state index contributed by atoms with van der Waals surface area (Å²) in [7, 11) is 0. The Labute approximate surface area is 226 Å². The Balaban J connectivity index is 0.00000304. The Morgan fingerprint density at radius 3 is 2.31 bits per heavy atom. The monoisotopic (exact) mass is 537 g/mol. The van der Waals surface area contributed by atoms with Crippen LogP contribution in [0.3, 0.4) is 0 Å². The third-order valence-electron chi connectivity index (χ3n) is 9.49. The Morgan fingerprint density at radius 1 is 1.03 bits per heavy atom. The van der Waals surface area contributed by atoms with E-state index in [0.717, 1.165) is 50.9 Å². The predicted octanol–water partition coefficient (Wildman–Crippen LogP) is 5.59. The molecule has 0 bridgehead atoms. The maximum Gasteiger partial charge on any atom is 0.410 e. The van der Waals surface area contributed by atoms with E-state index in [4.69, 9.17) is 22.1 Å². The number of cyclic esters (lactones) is 1. The minimum Gasteiger partial charge on any atom is -0.447 e. The van der Waals surface area contributed by atoms with Crippen molar-refractivity contribution in [3.05, 3.63) is 34.9 Å². The molecule has 36 heavy (non-hydrogen) atoms. The van der Waals surface area contributed by atoms with Gasteiger partial charge in [0.05, 0.1) is 11.6 Å². The summed E-state index contributed by atoms with van der Waals surface area (Å²) in [5.41, 5.74) is 7.37. The molecule has 1 atom stereocenters. The minimum absolute atomic E-state index is 0. The van der Waals surface area contributed by atoms with Crippen molar-refractivity contribution in [1.82, 2.24) is 9.80 Å². The smallest absolute Gasteiger partial charge is 0.410 e. The molecule has 0 radical (unpaired) electrons. The van der Waals surface area contributed by atoms with Crippen LogP contribution < -0.4 is 5.73 Å². The van der Waals surface area contributed by atoms with Crippen molar-refractivity contribution in [2.75, 3.05) is 26.2 Å². The summed E-state index contributed by atoms with van der Waals surface area (Å²) in [5, 5.41) is 0.685. The number of likely N-dealkylation sites (tertiary alicyclic amines) is 1. The van der Waals surface area contributed by atoms with Crippen molar-refractivity contribution in [2.45, 2.75) is 88.6 Å². The SMILES string of the molecule is Cl.N[C@H](Cc1ccc(Cl)cc1)C(=O)N1CCC(CN2C(=O)OCC23CCCC3)(C2CCCCC2)CC1. The molecule has 2 amide bonds. The van der Waals surface area contributed by atoms with Gasteiger partial charge >= 0.3 is 6.09 Å². The fraction of sp³-hybridized carbons (Fsp3) is 0.714. The standard InChI is InChI=1S/C28H40ClN3O3.ClH/c29-23-10-8-21(9-11-23)18-24(30)25(33)31-16-14-27(15-17-31,22-6-2-1-3-7-22)19-32-26(34)35-20-28(32)12-4-5-13-28;/h8-11,22,24H,1-7,12-20,30H2;1H/t24-;/m1./s1. The zero-order valence-corrected chi connectivity index (χ0v) is 22.8. The quantitative estimate of drug-likeness (QED) is 0.513. The summed E-state index contributed by atoms with van der Waals surface area (Å²) in [6.45, 7) is 2.78. The van der Waals surface area contributed by atoms with Gasteiger partial charge in [-0.15, -0.1) is 12.4 Å². The number of ether oxygens (including phenoxy) is 1. The minimum atomic E-state index is -0.548. The lowest BCUT2D eigenvalue weighted by Crippen LogP contribution is -2.57. The molecular weight excluding hydrogens is 497 g/mol. The van der Waals surface area contributed by atoms with Gasteiger partial charge < -0.3 is 15.4 Å². The van der Waals surface area contributed by atoms with E-state index < -0.39 is 6.04 Å². The van der Waals surface area contributed by atoms with Gasteiger partial charge in [0, 0.05) is 24.7 Å². The van der Waals surface area contributed by atoms with E-state index in [1.807, 2.05) is 29.2 Å². The number of hydrogen-bond acceptors (Lipinski definition) is 4. The topological polar surface area (TPSA) is 75.9 Å². The van der Waals surface area contributed by atoms with E-state index in [2.05, 4.69) is 4.90 Å². The van der Waals surface area contributed by atoms with Gasteiger partial charge in [-0.05, 0) is 74.0 Å². The Morgan fingerprint density at radius 2 is 1.67 bits per heavy atom. The first-order chi connectivity index (χ1) is 16.9. The number of carbonyl (C=O) groups is 2. The van der Waals surface area contributed by atoms with Crippen LogP contribution in [0.1, 0.15) is 76.2 Å². The molecule has 200 valence electrons. The van der Waals surface area contributed by atoms with Gasteiger partial charge in [0.15, 0.2) is 0 Å². The second-order valence-corrected chi connectivity index (χ2v) is 12.0. The zero-order valence-electron chi connectivity index (χ0n) is 21.3.